The monoisotopic (exact) mass is 959 g/mol. The van der Waals surface area contributed by atoms with Crippen molar-refractivity contribution in [2.24, 2.45) is 5.41 Å². The molecule has 0 aliphatic carbocycles. The lowest BCUT2D eigenvalue weighted by molar-refractivity contribution is -0.143. The second-order valence-electron chi connectivity index (χ2n) is 20.5. The highest BCUT2D eigenvalue weighted by molar-refractivity contribution is 7.13. The number of H-pyrrole nitrogens is 1. The molecule has 4 N–H and O–H groups in total. The molecule has 4 amide bonds. The number of likely N-dealkylation sites (tertiary alicyclic amines) is 2. The van der Waals surface area contributed by atoms with Crippen LogP contribution in [0.25, 0.3) is 32.7 Å². The molecule has 0 radical (unpaired) electrons. The summed E-state index contributed by atoms with van der Waals surface area (Å²) >= 11 is 1.61. The van der Waals surface area contributed by atoms with Gasteiger partial charge in [0, 0.05) is 61.6 Å². The highest BCUT2D eigenvalue weighted by atomic mass is 32.1. The molecule has 2 aromatic carbocycles. The van der Waals surface area contributed by atoms with Crippen LogP contribution in [-0.4, -0.2) is 90.4 Å². The molecular weight excluding hydrogens is 885 g/mol. The number of phenolic OH excluding ortho intramolecular Hbond substituents is 1. The van der Waals surface area contributed by atoms with Crippen LogP contribution in [0.1, 0.15) is 159 Å². The Balaban J connectivity index is 0.674. The van der Waals surface area contributed by atoms with Gasteiger partial charge in [-0.05, 0) is 73.4 Å². The Hall–Kier alpha value is -5.63. The van der Waals surface area contributed by atoms with Crippen LogP contribution in [0.4, 0.5) is 0 Å². The number of aromatic nitrogens is 4. The molecule has 3 aromatic heterocycles. The maximum absolute atomic E-state index is 14.0. The first-order valence-corrected chi connectivity index (χ1v) is 26.5. The Bertz CT molecular complexity index is 2470. The van der Waals surface area contributed by atoms with Crippen molar-refractivity contribution in [3.8, 4) is 27.4 Å². The van der Waals surface area contributed by atoms with E-state index in [1.807, 2.05) is 68.4 Å². The summed E-state index contributed by atoms with van der Waals surface area (Å²) in [5.74, 6) is 0.269. The zero-order valence-corrected chi connectivity index (χ0v) is 42.2. The minimum absolute atomic E-state index is 0.101. The molecule has 5 heterocycles. The van der Waals surface area contributed by atoms with Gasteiger partial charge in [0.15, 0.2) is 5.65 Å². The quantitative estimate of drug-likeness (QED) is 0.0418. The fraction of sp³-hybridized carbons (Fsp3) is 0.545. The number of unbranched alkanes of at least 4 members (excludes halogenated alkanes) is 13. The Labute approximate surface area is 412 Å². The van der Waals surface area contributed by atoms with Crippen LogP contribution in [0, 0.1) is 12.3 Å². The lowest BCUT2D eigenvalue weighted by Crippen LogP contribution is -2.57. The first kappa shape index (κ1) is 51.2. The van der Waals surface area contributed by atoms with E-state index in [1.54, 1.807) is 28.4 Å². The maximum atomic E-state index is 14.0. The summed E-state index contributed by atoms with van der Waals surface area (Å²) in [5.41, 5.74) is 7.52. The van der Waals surface area contributed by atoms with E-state index in [0.29, 0.717) is 43.6 Å². The highest BCUT2D eigenvalue weighted by Gasteiger charge is 2.42. The highest BCUT2D eigenvalue weighted by Crippen LogP contribution is 2.33. The van der Waals surface area contributed by atoms with E-state index in [2.05, 4.69) is 49.0 Å². The van der Waals surface area contributed by atoms with E-state index in [0.717, 1.165) is 90.0 Å². The van der Waals surface area contributed by atoms with Gasteiger partial charge in [0.25, 0.3) is 0 Å². The molecule has 2 saturated heterocycles. The number of benzene rings is 2. The van der Waals surface area contributed by atoms with Crippen LogP contribution < -0.4 is 10.6 Å². The standard InChI is InChI=1S/C55H74N8O5S/c1-38-50(69-37-57-38)40-29-27-39(28-30-40)34-56-53(67)46-23-21-31-63(46)54(68)51(55(2,3)4)59-48(65)25-17-15-13-11-9-7-5-6-8-10-12-14-16-18-26-49(66)62-35-42(36-62)44-32-41-33-45(60-61-52(41)58-44)43-22-19-20-24-47(43)64/h19-20,22,24,27-30,32-33,37,42,46,51,64H,5-18,21,23,25-26,31,34-36H2,1-4H3,(H,56,67)(H,58,61)(H,59,65)/t46-,51+/m0/s1. The number of aromatic amines is 1. The van der Waals surface area contributed by atoms with Gasteiger partial charge in [0.05, 0.1) is 21.8 Å². The van der Waals surface area contributed by atoms with E-state index < -0.39 is 17.5 Å². The number of nitrogens with one attached hydrogen (secondary N) is 3. The fourth-order valence-corrected chi connectivity index (χ4v) is 10.5. The molecule has 2 fully saturated rings. The summed E-state index contributed by atoms with van der Waals surface area (Å²) in [6.07, 6.45) is 18.5. The van der Waals surface area contributed by atoms with Crippen LogP contribution >= 0.6 is 11.3 Å². The predicted octanol–water partition coefficient (Wildman–Crippen LogP) is 10.8. The molecule has 0 saturated carbocycles. The lowest BCUT2D eigenvalue weighted by Gasteiger charge is -2.39. The molecule has 69 heavy (non-hydrogen) atoms. The maximum Gasteiger partial charge on any atom is 0.246 e. The van der Waals surface area contributed by atoms with E-state index in [4.69, 9.17) is 0 Å². The van der Waals surface area contributed by atoms with Crippen molar-refractivity contribution in [1.29, 1.82) is 0 Å². The minimum Gasteiger partial charge on any atom is -0.507 e. The number of carbonyl (C=O) groups excluding carboxylic acids is 4. The van der Waals surface area contributed by atoms with Crippen LogP contribution in [0.2, 0.25) is 0 Å². The van der Waals surface area contributed by atoms with Gasteiger partial charge in [0.2, 0.25) is 23.6 Å². The lowest BCUT2D eigenvalue weighted by atomic mass is 9.85. The SMILES string of the molecule is Cc1ncsc1-c1ccc(CNC(=O)[C@@H]2CCCN2C(=O)[C@@H](NC(=O)CCCCCCCCCCCCCCCCC(=O)N2CC(c3cc4cc(-c5ccccc5O)nnc4[nH]3)C2)C(C)(C)C)cc1. The Morgan fingerprint density at radius 2 is 1.46 bits per heavy atom. The molecule has 14 heteroatoms. The molecule has 0 unspecified atom stereocenters. The fourth-order valence-electron chi connectivity index (χ4n) is 9.73. The molecule has 13 nitrogen and oxygen atoms in total. The first-order chi connectivity index (χ1) is 33.4. The van der Waals surface area contributed by atoms with E-state index >= 15 is 0 Å². The van der Waals surface area contributed by atoms with Crippen LogP contribution in [0.5, 0.6) is 5.75 Å². The molecular formula is C55H74N8O5S. The van der Waals surface area contributed by atoms with Crippen LogP contribution in [0.3, 0.4) is 0 Å². The van der Waals surface area contributed by atoms with Gasteiger partial charge in [-0.3, -0.25) is 19.2 Å². The van der Waals surface area contributed by atoms with Crippen LogP contribution in [0.15, 0.2) is 66.2 Å². The average molecular weight is 959 g/mol. The summed E-state index contributed by atoms with van der Waals surface area (Å²) in [5, 5.41) is 25.9. The number of fused-ring (bicyclic) bond motifs is 1. The molecule has 0 bridgehead atoms. The number of nitrogens with zero attached hydrogens (tertiary/aromatic N) is 5. The molecule has 0 spiro atoms. The van der Waals surface area contributed by atoms with E-state index in [9.17, 15) is 24.3 Å². The van der Waals surface area contributed by atoms with Crippen molar-refractivity contribution in [2.75, 3.05) is 19.6 Å². The zero-order chi connectivity index (χ0) is 48.8. The molecule has 2 atom stereocenters. The number of carbonyl (C=O) groups is 4. The molecule has 2 aliphatic rings. The van der Waals surface area contributed by atoms with E-state index in [-0.39, 0.29) is 35.3 Å². The van der Waals surface area contributed by atoms with Crippen molar-refractivity contribution in [2.45, 2.75) is 168 Å². The van der Waals surface area contributed by atoms with E-state index in [1.165, 1.54) is 57.8 Å². The van der Waals surface area contributed by atoms with Gasteiger partial charge in [-0.1, -0.05) is 134 Å². The third kappa shape index (κ3) is 14.2. The van der Waals surface area contributed by atoms with Gasteiger partial charge >= 0.3 is 0 Å². The number of aryl methyl sites for hydroxylation is 1. The second-order valence-corrected chi connectivity index (χ2v) is 21.3. The van der Waals surface area contributed by atoms with Crippen molar-refractivity contribution < 1.29 is 24.3 Å². The summed E-state index contributed by atoms with van der Waals surface area (Å²) in [4.78, 5) is 65.8. The smallest absolute Gasteiger partial charge is 0.246 e. The summed E-state index contributed by atoms with van der Waals surface area (Å²) in [6.45, 7) is 10.2. The van der Waals surface area contributed by atoms with Gasteiger partial charge in [-0.2, -0.15) is 0 Å². The number of thiazole rings is 1. The van der Waals surface area contributed by atoms with Crippen molar-refractivity contribution >= 4 is 46.0 Å². The third-order valence-corrected chi connectivity index (χ3v) is 15.0. The normalized spacial score (nSPS) is 15.6. The number of hydrogen-bond donors (Lipinski definition) is 4. The minimum atomic E-state index is -0.702. The number of amides is 4. The van der Waals surface area contributed by atoms with Gasteiger partial charge in [-0.15, -0.1) is 21.5 Å². The Morgan fingerprint density at radius 3 is 2.09 bits per heavy atom. The molecule has 5 aromatic rings. The van der Waals surface area contributed by atoms with Gasteiger partial charge in [-0.25, -0.2) is 4.98 Å². The largest absolute Gasteiger partial charge is 0.507 e. The number of para-hydroxylation sites is 1. The molecule has 2 aliphatic heterocycles. The summed E-state index contributed by atoms with van der Waals surface area (Å²) in [6, 6.07) is 18.1. The number of rotatable bonds is 25. The molecule has 370 valence electrons. The molecule has 7 rings (SSSR count). The number of phenols is 1. The second kappa shape index (κ2) is 24.8. The Kier molecular flexibility index (Phi) is 18.4. The summed E-state index contributed by atoms with van der Waals surface area (Å²) < 4.78 is 0. The first-order valence-electron chi connectivity index (χ1n) is 25.6. The van der Waals surface area contributed by atoms with Crippen LogP contribution in [-0.2, 0) is 25.7 Å². The topological polar surface area (TPSA) is 174 Å². The number of hydrogen-bond acceptors (Lipinski definition) is 9. The average Bonchev–Trinajstić information content (AvgIpc) is 4.09. The van der Waals surface area contributed by atoms with Crippen molar-refractivity contribution in [1.82, 2.24) is 40.6 Å². The zero-order valence-electron chi connectivity index (χ0n) is 41.4. The third-order valence-electron chi connectivity index (χ3n) is 14.0. The number of aromatic hydroxyl groups is 1. The van der Waals surface area contributed by atoms with Gasteiger partial charge < -0.3 is 30.5 Å². The Morgan fingerprint density at radius 1 is 0.826 bits per heavy atom. The van der Waals surface area contributed by atoms with Crippen molar-refractivity contribution in [3.63, 3.8) is 0 Å². The predicted molar refractivity (Wildman–Crippen MR) is 274 cm³/mol. The summed E-state index contributed by atoms with van der Waals surface area (Å²) in [7, 11) is 0. The van der Waals surface area contributed by atoms with Crippen molar-refractivity contribution in [3.05, 3.63) is 83.1 Å². The van der Waals surface area contributed by atoms with Gasteiger partial charge in [0.1, 0.15) is 17.8 Å².